The topological polar surface area (TPSA) is 83.9 Å². The van der Waals surface area contributed by atoms with Gasteiger partial charge in [-0.05, 0) is 58.1 Å². The number of amides is 1. The van der Waals surface area contributed by atoms with Crippen molar-refractivity contribution in [3.63, 3.8) is 0 Å². The number of sulfone groups is 1. The van der Waals surface area contributed by atoms with Crippen LogP contribution in [0, 0.1) is 5.92 Å². The second-order valence-electron chi connectivity index (χ2n) is 10.5. The third-order valence-corrected chi connectivity index (χ3v) is 9.23. The van der Waals surface area contributed by atoms with Gasteiger partial charge in [-0.1, -0.05) is 31.4 Å². The molecule has 1 aromatic rings. The Bertz CT molecular complexity index is 1060. The van der Waals surface area contributed by atoms with E-state index in [1.165, 1.54) is 5.57 Å². The zero-order valence-corrected chi connectivity index (χ0v) is 21.1. The van der Waals surface area contributed by atoms with Gasteiger partial charge in [0.05, 0.1) is 17.1 Å². The highest BCUT2D eigenvalue weighted by Crippen LogP contribution is 2.54. The lowest BCUT2D eigenvalue weighted by Crippen LogP contribution is -2.46. The molecule has 3 aliphatic rings. The summed E-state index contributed by atoms with van der Waals surface area (Å²) in [5.41, 5.74) is 2.77. The summed E-state index contributed by atoms with van der Waals surface area (Å²) in [6.07, 6.45) is 7.90. The van der Waals surface area contributed by atoms with E-state index in [-0.39, 0.29) is 53.7 Å². The number of fused-ring (bicyclic) bond motifs is 3. The van der Waals surface area contributed by atoms with Crippen molar-refractivity contribution in [2.45, 2.75) is 77.7 Å². The van der Waals surface area contributed by atoms with E-state index in [9.17, 15) is 18.3 Å². The summed E-state index contributed by atoms with van der Waals surface area (Å²) < 4.78 is 30.3. The Morgan fingerprint density at radius 3 is 2.61 bits per heavy atom. The van der Waals surface area contributed by atoms with Crippen molar-refractivity contribution in [3.05, 3.63) is 34.4 Å². The van der Waals surface area contributed by atoms with E-state index in [1.54, 1.807) is 4.90 Å². The summed E-state index contributed by atoms with van der Waals surface area (Å²) in [7, 11) is -3.10. The van der Waals surface area contributed by atoms with Gasteiger partial charge in [0.15, 0.2) is 9.84 Å². The number of carbonyl (C=O) groups is 1. The number of hydrogen-bond donors (Lipinski definition) is 1. The zero-order chi connectivity index (χ0) is 24.0. The van der Waals surface area contributed by atoms with Crippen molar-refractivity contribution in [2.75, 3.05) is 24.6 Å². The highest BCUT2D eigenvalue weighted by atomic mass is 32.2. The van der Waals surface area contributed by atoms with Crippen molar-refractivity contribution >= 4 is 15.7 Å². The minimum atomic E-state index is -3.10. The molecule has 33 heavy (non-hydrogen) atoms. The Morgan fingerprint density at radius 2 is 1.94 bits per heavy atom. The van der Waals surface area contributed by atoms with Crippen LogP contribution in [-0.4, -0.2) is 54.5 Å². The van der Waals surface area contributed by atoms with Gasteiger partial charge >= 0.3 is 0 Å². The van der Waals surface area contributed by atoms with Gasteiger partial charge in [-0.25, -0.2) is 8.42 Å². The molecule has 4 rings (SSSR count). The number of ether oxygens (including phenoxy) is 1. The fourth-order valence-electron chi connectivity index (χ4n) is 5.69. The number of aromatic hydroxyl groups is 1. The average molecular weight is 476 g/mol. The molecule has 1 aliphatic carbocycles. The molecule has 1 fully saturated rings. The number of aryl methyl sites for hydroxylation is 1. The number of hydrogen-bond acceptors (Lipinski definition) is 5. The van der Waals surface area contributed by atoms with Crippen LogP contribution in [0.2, 0.25) is 0 Å². The lowest BCUT2D eigenvalue weighted by atomic mass is 9.67. The van der Waals surface area contributed by atoms with Crippen LogP contribution in [0.15, 0.2) is 17.7 Å². The molecule has 0 saturated carbocycles. The van der Waals surface area contributed by atoms with Crippen molar-refractivity contribution in [2.24, 2.45) is 5.92 Å². The Hall–Kier alpha value is -2.02. The maximum absolute atomic E-state index is 13.6. The standard InChI is InChI=1S/C26H37NO5S/c1-5-6-7-8-18-16-21-23(19-15-17(2)9-10-20(19)26(3,4)32-21)24(28)22(18)25(29)27-11-13-33(30,31)14-12-27/h15-16,19-20,28H,5-14H2,1-4H3. The van der Waals surface area contributed by atoms with E-state index in [1.807, 2.05) is 6.07 Å². The number of unbranched alkanes of at least 4 members (excludes halogenated alkanes) is 2. The molecule has 2 atom stereocenters. The molecule has 7 heteroatoms. The number of benzene rings is 1. The number of rotatable bonds is 5. The molecule has 2 aliphatic heterocycles. The van der Waals surface area contributed by atoms with Crippen LogP contribution in [0.5, 0.6) is 11.5 Å². The Kier molecular flexibility index (Phi) is 6.56. The van der Waals surface area contributed by atoms with Crippen LogP contribution >= 0.6 is 0 Å². The molecule has 0 radical (unpaired) electrons. The lowest BCUT2D eigenvalue weighted by Gasteiger charge is -2.46. The quantitative estimate of drug-likeness (QED) is 0.497. The van der Waals surface area contributed by atoms with Gasteiger partial charge in [0.25, 0.3) is 5.91 Å². The first-order valence-corrected chi connectivity index (χ1v) is 14.1. The predicted octanol–water partition coefficient (Wildman–Crippen LogP) is 4.61. The second kappa shape index (κ2) is 8.97. The Balaban J connectivity index is 1.81. The fourth-order valence-corrected chi connectivity index (χ4v) is 6.89. The molecule has 1 saturated heterocycles. The molecule has 0 spiro atoms. The molecular formula is C26H37NO5S. The molecule has 0 bridgehead atoms. The van der Waals surface area contributed by atoms with Gasteiger partial charge in [-0.15, -0.1) is 0 Å². The lowest BCUT2D eigenvalue weighted by molar-refractivity contribution is 0.0106. The van der Waals surface area contributed by atoms with E-state index in [4.69, 9.17) is 4.74 Å². The highest BCUT2D eigenvalue weighted by molar-refractivity contribution is 7.91. The summed E-state index contributed by atoms with van der Waals surface area (Å²) in [4.78, 5) is 15.2. The van der Waals surface area contributed by atoms with Crippen molar-refractivity contribution in [1.29, 1.82) is 0 Å². The molecule has 2 heterocycles. The largest absolute Gasteiger partial charge is 0.507 e. The third kappa shape index (κ3) is 4.66. The van der Waals surface area contributed by atoms with Gasteiger partial charge < -0.3 is 14.7 Å². The van der Waals surface area contributed by atoms with Crippen LogP contribution in [0.4, 0.5) is 0 Å². The smallest absolute Gasteiger partial charge is 0.257 e. The average Bonchev–Trinajstić information content (AvgIpc) is 2.72. The number of nitrogens with zero attached hydrogens (tertiary/aromatic N) is 1. The van der Waals surface area contributed by atoms with Crippen molar-refractivity contribution in [1.82, 2.24) is 4.90 Å². The number of phenols is 1. The predicted molar refractivity (Wildman–Crippen MR) is 130 cm³/mol. The zero-order valence-electron chi connectivity index (χ0n) is 20.3. The summed E-state index contributed by atoms with van der Waals surface area (Å²) in [6.45, 7) is 8.82. The minimum absolute atomic E-state index is 0.00419. The SMILES string of the molecule is CCCCCc1cc2c(c(O)c1C(=O)N1CCS(=O)(=O)CC1)C1C=C(C)CCC1C(C)(C)O2. The summed E-state index contributed by atoms with van der Waals surface area (Å²) >= 11 is 0. The first-order chi connectivity index (χ1) is 15.5. The molecule has 0 aromatic heterocycles. The molecule has 1 N–H and O–H groups in total. The van der Waals surface area contributed by atoms with E-state index in [2.05, 4.69) is 33.8 Å². The molecule has 1 amide bonds. The molecule has 6 nitrogen and oxygen atoms in total. The van der Waals surface area contributed by atoms with E-state index in [0.717, 1.165) is 37.7 Å². The van der Waals surface area contributed by atoms with Gasteiger partial charge in [-0.2, -0.15) is 0 Å². The normalized spacial score (nSPS) is 25.5. The van der Waals surface area contributed by atoms with Crippen molar-refractivity contribution < 1.29 is 23.1 Å². The number of phenolic OH excluding ortho intramolecular Hbond substituents is 1. The summed E-state index contributed by atoms with van der Waals surface area (Å²) in [6, 6.07) is 1.97. The van der Waals surface area contributed by atoms with Crippen LogP contribution in [0.1, 0.15) is 87.2 Å². The van der Waals surface area contributed by atoms with E-state index in [0.29, 0.717) is 23.3 Å². The molecule has 2 unspecified atom stereocenters. The highest BCUT2D eigenvalue weighted by Gasteiger charge is 2.46. The maximum atomic E-state index is 13.6. The van der Waals surface area contributed by atoms with Gasteiger partial charge in [0.2, 0.25) is 0 Å². The number of allylic oxidation sites excluding steroid dienone is 2. The van der Waals surface area contributed by atoms with Gasteiger partial charge in [0.1, 0.15) is 17.1 Å². The monoisotopic (exact) mass is 475 g/mol. The Morgan fingerprint density at radius 1 is 1.24 bits per heavy atom. The minimum Gasteiger partial charge on any atom is -0.507 e. The second-order valence-corrected chi connectivity index (χ2v) is 12.8. The first kappa shape index (κ1) is 24.1. The molecule has 182 valence electrons. The van der Waals surface area contributed by atoms with Crippen LogP contribution in [0.3, 0.4) is 0 Å². The van der Waals surface area contributed by atoms with Gasteiger partial charge in [0, 0.05) is 30.5 Å². The van der Waals surface area contributed by atoms with Crippen LogP contribution in [0.25, 0.3) is 0 Å². The fraction of sp³-hybridized carbons (Fsp3) is 0.654. The third-order valence-electron chi connectivity index (χ3n) is 7.63. The summed E-state index contributed by atoms with van der Waals surface area (Å²) in [5.74, 6) is 0.584. The van der Waals surface area contributed by atoms with Crippen LogP contribution < -0.4 is 4.74 Å². The van der Waals surface area contributed by atoms with Gasteiger partial charge in [-0.3, -0.25) is 4.79 Å². The Labute approximate surface area is 197 Å². The summed E-state index contributed by atoms with van der Waals surface area (Å²) in [5, 5.41) is 11.6. The van der Waals surface area contributed by atoms with Crippen molar-refractivity contribution in [3.8, 4) is 11.5 Å². The molecule has 1 aromatic carbocycles. The van der Waals surface area contributed by atoms with Crippen LogP contribution in [-0.2, 0) is 16.3 Å². The van der Waals surface area contributed by atoms with E-state index >= 15 is 0 Å². The maximum Gasteiger partial charge on any atom is 0.257 e. The first-order valence-electron chi connectivity index (χ1n) is 12.3. The van der Waals surface area contributed by atoms with E-state index < -0.39 is 9.84 Å². The molecular weight excluding hydrogens is 438 g/mol. The number of carbonyl (C=O) groups excluding carboxylic acids is 1.